The van der Waals surface area contributed by atoms with Crippen molar-refractivity contribution in [2.45, 2.75) is 19.9 Å². The maximum atomic E-state index is 4.69. The first kappa shape index (κ1) is 17.2. The van der Waals surface area contributed by atoms with Gasteiger partial charge in [-0.3, -0.25) is 4.98 Å². The van der Waals surface area contributed by atoms with Crippen molar-refractivity contribution in [2.24, 2.45) is 0 Å². The predicted molar refractivity (Wildman–Crippen MR) is 101 cm³/mol. The molecule has 0 saturated carbocycles. The number of pyridine rings is 1. The molecule has 0 aromatic carbocycles. The Balaban J connectivity index is 1.76. The Morgan fingerprint density at radius 3 is 2.84 bits per heavy atom. The van der Waals surface area contributed by atoms with E-state index in [0.29, 0.717) is 6.54 Å². The Labute approximate surface area is 148 Å². The summed E-state index contributed by atoms with van der Waals surface area (Å²) in [6.45, 7) is 4.64. The average molecular weight is 339 g/mol. The lowest BCUT2D eigenvalue weighted by Crippen LogP contribution is -2.17. The molecule has 0 fully saturated rings. The zero-order valence-electron chi connectivity index (χ0n) is 15.0. The SMILES string of the molecule is Cc1cnn2c(NCc3cccnc3)cc(NCCCN(C)C)nc12. The molecule has 0 unspecified atom stereocenters. The highest BCUT2D eigenvalue weighted by atomic mass is 15.3. The normalized spacial score (nSPS) is 11.2. The fourth-order valence-electron chi connectivity index (χ4n) is 2.60. The van der Waals surface area contributed by atoms with Gasteiger partial charge in [0.1, 0.15) is 11.6 Å². The van der Waals surface area contributed by atoms with Gasteiger partial charge in [-0.15, -0.1) is 0 Å². The summed E-state index contributed by atoms with van der Waals surface area (Å²) >= 11 is 0. The van der Waals surface area contributed by atoms with E-state index in [2.05, 4.69) is 39.7 Å². The number of fused-ring (bicyclic) bond motifs is 1. The van der Waals surface area contributed by atoms with E-state index in [4.69, 9.17) is 4.98 Å². The molecule has 2 N–H and O–H groups in total. The summed E-state index contributed by atoms with van der Waals surface area (Å²) in [4.78, 5) is 11.0. The van der Waals surface area contributed by atoms with Gasteiger partial charge in [-0.05, 0) is 45.6 Å². The Morgan fingerprint density at radius 2 is 2.08 bits per heavy atom. The molecule has 7 heteroatoms. The molecule has 132 valence electrons. The van der Waals surface area contributed by atoms with Gasteiger partial charge in [0.15, 0.2) is 5.65 Å². The van der Waals surface area contributed by atoms with Crippen LogP contribution in [0, 0.1) is 6.92 Å². The van der Waals surface area contributed by atoms with Crippen LogP contribution in [0.1, 0.15) is 17.5 Å². The van der Waals surface area contributed by atoms with E-state index in [1.54, 1.807) is 6.20 Å². The van der Waals surface area contributed by atoms with E-state index in [9.17, 15) is 0 Å². The number of aryl methyl sites for hydroxylation is 1. The van der Waals surface area contributed by atoms with Gasteiger partial charge in [0, 0.05) is 37.1 Å². The molecule has 7 nitrogen and oxygen atoms in total. The number of nitrogens with zero attached hydrogens (tertiary/aromatic N) is 5. The lowest BCUT2D eigenvalue weighted by molar-refractivity contribution is 0.405. The van der Waals surface area contributed by atoms with Crippen LogP contribution in [-0.4, -0.2) is 51.7 Å². The van der Waals surface area contributed by atoms with Crippen molar-refractivity contribution in [3.63, 3.8) is 0 Å². The molecule has 0 radical (unpaired) electrons. The Kier molecular flexibility index (Phi) is 5.45. The molecular weight excluding hydrogens is 314 g/mol. The lowest BCUT2D eigenvalue weighted by Gasteiger charge is -2.13. The number of hydrogen-bond donors (Lipinski definition) is 2. The van der Waals surface area contributed by atoms with Crippen molar-refractivity contribution in [3.8, 4) is 0 Å². The Bertz CT molecular complexity index is 811. The van der Waals surface area contributed by atoms with E-state index < -0.39 is 0 Å². The smallest absolute Gasteiger partial charge is 0.162 e. The van der Waals surface area contributed by atoms with Gasteiger partial charge in [-0.2, -0.15) is 9.61 Å². The number of aromatic nitrogens is 4. The number of hydrogen-bond acceptors (Lipinski definition) is 6. The molecule has 3 heterocycles. The minimum Gasteiger partial charge on any atom is -0.370 e. The number of nitrogens with one attached hydrogen (secondary N) is 2. The molecule has 0 atom stereocenters. The molecule has 3 rings (SSSR count). The second-order valence-electron chi connectivity index (χ2n) is 6.39. The third kappa shape index (κ3) is 4.45. The summed E-state index contributed by atoms with van der Waals surface area (Å²) in [5.74, 6) is 1.78. The van der Waals surface area contributed by atoms with E-state index in [1.807, 2.05) is 42.0 Å². The number of rotatable bonds is 8. The highest BCUT2D eigenvalue weighted by Gasteiger charge is 2.09. The maximum Gasteiger partial charge on any atom is 0.162 e. The van der Waals surface area contributed by atoms with Crippen LogP contribution >= 0.6 is 0 Å². The number of anilines is 2. The molecular formula is C18H25N7. The van der Waals surface area contributed by atoms with Crippen LogP contribution in [-0.2, 0) is 6.54 Å². The van der Waals surface area contributed by atoms with Crippen LogP contribution in [0.25, 0.3) is 5.65 Å². The molecule has 3 aromatic heterocycles. The minimum atomic E-state index is 0.686. The summed E-state index contributed by atoms with van der Waals surface area (Å²) in [6, 6.07) is 5.99. The van der Waals surface area contributed by atoms with Crippen LogP contribution in [0.4, 0.5) is 11.6 Å². The van der Waals surface area contributed by atoms with Gasteiger partial charge in [0.05, 0.1) is 6.20 Å². The quantitative estimate of drug-likeness (QED) is 0.614. The molecule has 0 saturated heterocycles. The van der Waals surface area contributed by atoms with Crippen LogP contribution in [0.15, 0.2) is 36.8 Å². The second kappa shape index (κ2) is 7.94. The van der Waals surface area contributed by atoms with Gasteiger partial charge in [0.2, 0.25) is 0 Å². The monoisotopic (exact) mass is 339 g/mol. The van der Waals surface area contributed by atoms with Crippen molar-refractivity contribution < 1.29 is 0 Å². The van der Waals surface area contributed by atoms with Crippen molar-refractivity contribution in [1.82, 2.24) is 24.5 Å². The van der Waals surface area contributed by atoms with Gasteiger partial charge in [-0.25, -0.2) is 4.98 Å². The first-order valence-corrected chi connectivity index (χ1v) is 8.50. The molecule has 0 spiro atoms. The first-order chi connectivity index (χ1) is 12.1. The van der Waals surface area contributed by atoms with E-state index in [-0.39, 0.29) is 0 Å². The molecule has 0 aliphatic heterocycles. The summed E-state index contributed by atoms with van der Waals surface area (Å²) in [6.07, 6.45) is 6.55. The molecule has 3 aromatic rings. The summed E-state index contributed by atoms with van der Waals surface area (Å²) in [7, 11) is 4.17. The molecule has 0 aliphatic rings. The maximum absolute atomic E-state index is 4.69. The standard InChI is InChI=1S/C18H25N7/c1-14-11-22-25-17(21-13-15-6-4-7-19-12-15)10-16(23-18(14)25)20-8-5-9-24(2)3/h4,6-7,10-12,21H,5,8-9,13H2,1-3H3,(H,20,23). The predicted octanol–water partition coefficient (Wildman–Crippen LogP) is 2.41. The topological polar surface area (TPSA) is 70.4 Å². The third-order valence-electron chi connectivity index (χ3n) is 3.93. The summed E-state index contributed by atoms with van der Waals surface area (Å²) in [5, 5.41) is 11.3. The van der Waals surface area contributed by atoms with Crippen molar-refractivity contribution >= 4 is 17.3 Å². The Morgan fingerprint density at radius 1 is 1.20 bits per heavy atom. The highest BCUT2D eigenvalue weighted by Crippen LogP contribution is 2.19. The van der Waals surface area contributed by atoms with Crippen LogP contribution in [0.2, 0.25) is 0 Å². The average Bonchev–Trinajstić information content (AvgIpc) is 2.99. The zero-order valence-corrected chi connectivity index (χ0v) is 15.0. The summed E-state index contributed by atoms with van der Waals surface area (Å²) < 4.78 is 1.84. The Hall–Kier alpha value is -2.67. The second-order valence-corrected chi connectivity index (χ2v) is 6.39. The van der Waals surface area contributed by atoms with Gasteiger partial charge >= 0.3 is 0 Å². The molecule has 0 amide bonds. The third-order valence-corrected chi connectivity index (χ3v) is 3.93. The van der Waals surface area contributed by atoms with Gasteiger partial charge in [0.25, 0.3) is 0 Å². The van der Waals surface area contributed by atoms with Gasteiger partial charge in [-0.1, -0.05) is 6.07 Å². The highest BCUT2D eigenvalue weighted by molar-refractivity contribution is 5.59. The minimum absolute atomic E-state index is 0.686. The van der Waals surface area contributed by atoms with Crippen molar-refractivity contribution in [1.29, 1.82) is 0 Å². The lowest BCUT2D eigenvalue weighted by atomic mass is 10.3. The first-order valence-electron chi connectivity index (χ1n) is 8.50. The fourth-order valence-corrected chi connectivity index (χ4v) is 2.60. The van der Waals surface area contributed by atoms with Crippen molar-refractivity contribution in [2.75, 3.05) is 37.8 Å². The molecule has 0 bridgehead atoms. The van der Waals surface area contributed by atoms with E-state index in [1.165, 1.54) is 0 Å². The zero-order chi connectivity index (χ0) is 17.6. The largest absolute Gasteiger partial charge is 0.370 e. The van der Waals surface area contributed by atoms with Crippen LogP contribution in [0.3, 0.4) is 0 Å². The van der Waals surface area contributed by atoms with Crippen LogP contribution in [0.5, 0.6) is 0 Å². The van der Waals surface area contributed by atoms with Crippen LogP contribution < -0.4 is 10.6 Å². The van der Waals surface area contributed by atoms with E-state index in [0.717, 1.165) is 47.9 Å². The fraction of sp³-hybridized carbons (Fsp3) is 0.389. The van der Waals surface area contributed by atoms with E-state index >= 15 is 0 Å². The van der Waals surface area contributed by atoms with Crippen molar-refractivity contribution in [3.05, 3.63) is 47.9 Å². The summed E-state index contributed by atoms with van der Waals surface area (Å²) in [5.41, 5.74) is 3.05. The van der Waals surface area contributed by atoms with Gasteiger partial charge < -0.3 is 15.5 Å². The molecule has 0 aliphatic carbocycles. The molecule has 25 heavy (non-hydrogen) atoms.